The number of amides is 2. The van der Waals surface area contributed by atoms with E-state index < -0.39 is 0 Å². The molecule has 122 valence electrons. The third kappa shape index (κ3) is 3.80. The monoisotopic (exact) mass is 358 g/mol. The Kier molecular flexibility index (Phi) is 4.92. The van der Waals surface area contributed by atoms with Crippen molar-refractivity contribution in [3.05, 3.63) is 69.6 Å². The van der Waals surface area contributed by atoms with E-state index in [1.165, 1.54) is 4.90 Å². The van der Waals surface area contributed by atoms with Gasteiger partial charge in [-0.25, -0.2) is 0 Å². The summed E-state index contributed by atoms with van der Waals surface area (Å²) < 4.78 is 0. The van der Waals surface area contributed by atoms with Crippen molar-refractivity contribution in [2.45, 2.75) is 6.92 Å². The lowest BCUT2D eigenvalue weighted by Gasteiger charge is -2.14. The summed E-state index contributed by atoms with van der Waals surface area (Å²) >= 11 is 6.80. The van der Waals surface area contributed by atoms with Crippen LogP contribution in [0.3, 0.4) is 0 Å². The summed E-state index contributed by atoms with van der Waals surface area (Å²) in [4.78, 5) is 26.1. The molecule has 0 bridgehead atoms. The number of nitrogens with one attached hydrogen (secondary N) is 1. The lowest BCUT2D eigenvalue weighted by atomic mass is 10.2. The number of aryl methyl sites for hydroxylation is 1. The second-order valence-electron chi connectivity index (χ2n) is 5.37. The molecule has 2 aromatic rings. The number of imide groups is 1. The van der Waals surface area contributed by atoms with Crippen LogP contribution in [0.2, 0.25) is 5.02 Å². The average Bonchev–Trinajstić information content (AvgIpc) is 2.82. The molecule has 2 aromatic carbocycles. The Morgan fingerprint density at radius 1 is 1.17 bits per heavy atom. The Bertz CT molecular complexity index is 818. The predicted molar refractivity (Wildman–Crippen MR) is 98.9 cm³/mol. The Morgan fingerprint density at radius 2 is 1.92 bits per heavy atom. The number of anilines is 1. The van der Waals surface area contributed by atoms with Gasteiger partial charge in [0.05, 0.1) is 11.6 Å². The van der Waals surface area contributed by atoms with Gasteiger partial charge in [-0.3, -0.25) is 14.5 Å². The third-order valence-corrected chi connectivity index (χ3v) is 4.66. The fraction of sp³-hybridized carbons (Fsp3) is 0.111. The molecule has 1 N–H and O–H groups in total. The lowest BCUT2D eigenvalue weighted by molar-refractivity contribution is -0.122. The SMILES string of the molecule is Cc1cccc(NCN2C(=O)S/C(=C/c3ccc(Cl)cc3)C2=O)c1. The summed E-state index contributed by atoms with van der Waals surface area (Å²) in [5.41, 5.74) is 2.81. The average molecular weight is 359 g/mol. The molecule has 0 saturated carbocycles. The molecule has 0 spiro atoms. The molecule has 24 heavy (non-hydrogen) atoms. The van der Waals surface area contributed by atoms with Crippen molar-refractivity contribution in [3.63, 3.8) is 0 Å². The van der Waals surface area contributed by atoms with Crippen LogP contribution in [0.25, 0.3) is 6.08 Å². The van der Waals surface area contributed by atoms with Crippen molar-refractivity contribution >= 4 is 46.3 Å². The summed E-state index contributed by atoms with van der Waals surface area (Å²) in [7, 11) is 0. The van der Waals surface area contributed by atoms with Gasteiger partial charge in [0.2, 0.25) is 0 Å². The van der Waals surface area contributed by atoms with Gasteiger partial charge in [0.25, 0.3) is 11.1 Å². The number of carbonyl (C=O) groups excluding carboxylic acids is 2. The highest BCUT2D eigenvalue weighted by molar-refractivity contribution is 8.18. The molecule has 6 heteroatoms. The van der Waals surface area contributed by atoms with E-state index >= 15 is 0 Å². The molecule has 0 unspecified atom stereocenters. The van der Waals surface area contributed by atoms with Gasteiger partial charge in [-0.2, -0.15) is 0 Å². The summed E-state index contributed by atoms with van der Waals surface area (Å²) in [6.45, 7) is 2.13. The van der Waals surface area contributed by atoms with Gasteiger partial charge in [0.15, 0.2) is 0 Å². The van der Waals surface area contributed by atoms with E-state index in [4.69, 9.17) is 11.6 Å². The van der Waals surface area contributed by atoms with Crippen LogP contribution in [-0.2, 0) is 4.79 Å². The molecular formula is C18H15ClN2O2S. The molecule has 4 nitrogen and oxygen atoms in total. The van der Waals surface area contributed by atoms with Gasteiger partial charge in [0, 0.05) is 10.7 Å². The van der Waals surface area contributed by atoms with Crippen LogP contribution in [0.5, 0.6) is 0 Å². The van der Waals surface area contributed by atoms with Crippen molar-refractivity contribution in [1.82, 2.24) is 4.90 Å². The smallest absolute Gasteiger partial charge is 0.295 e. The number of carbonyl (C=O) groups is 2. The van der Waals surface area contributed by atoms with Crippen molar-refractivity contribution in [2.24, 2.45) is 0 Å². The molecule has 0 aromatic heterocycles. The molecule has 1 heterocycles. The van der Waals surface area contributed by atoms with Gasteiger partial charge in [0.1, 0.15) is 0 Å². The van der Waals surface area contributed by atoms with Crippen molar-refractivity contribution < 1.29 is 9.59 Å². The minimum absolute atomic E-state index is 0.145. The Morgan fingerprint density at radius 3 is 2.62 bits per heavy atom. The summed E-state index contributed by atoms with van der Waals surface area (Å²) in [5.74, 6) is -0.292. The van der Waals surface area contributed by atoms with Crippen LogP contribution in [0.1, 0.15) is 11.1 Å². The number of hydrogen-bond donors (Lipinski definition) is 1. The molecule has 0 aliphatic carbocycles. The first kappa shape index (κ1) is 16.6. The number of nitrogens with zero attached hydrogens (tertiary/aromatic N) is 1. The van der Waals surface area contributed by atoms with E-state index in [1.807, 2.05) is 31.2 Å². The molecule has 1 aliphatic heterocycles. The molecule has 0 atom stereocenters. The maximum Gasteiger partial charge on any atom is 0.295 e. The highest BCUT2D eigenvalue weighted by atomic mass is 35.5. The lowest BCUT2D eigenvalue weighted by Crippen LogP contribution is -2.33. The first-order chi connectivity index (χ1) is 11.5. The molecule has 1 aliphatic rings. The second-order valence-corrected chi connectivity index (χ2v) is 6.80. The normalized spacial score (nSPS) is 16.1. The fourth-order valence-electron chi connectivity index (χ4n) is 2.27. The summed E-state index contributed by atoms with van der Waals surface area (Å²) in [6.07, 6.45) is 1.70. The zero-order chi connectivity index (χ0) is 17.1. The number of halogens is 1. The van der Waals surface area contributed by atoms with E-state index in [9.17, 15) is 9.59 Å². The minimum atomic E-state index is -0.292. The highest BCUT2D eigenvalue weighted by Gasteiger charge is 2.34. The maximum absolute atomic E-state index is 12.4. The van der Waals surface area contributed by atoms with E-state index in [-0.39, 0.29) is 17.8 Å². The zero-order valence-electron chi connectivity index (χ0n) is 13.0. The Labute approximate surface area is 149 Å². The van der Waals surface area contributed by atoms with Crippen molar-refractivity contribution in [2.75, 3.05) is 12.0 Å². The second kappa shape index (κ2) is 7.11. The molecular weight excluding hydrogens is 344 g/mol. The van der Waals surface area contributed by atoms with Gasteiger partial charge >= 0.3 is 0 Å². The van der Waals surface area contributed by atoms with E-state index in [0.29, 0.717) is 9.93 Å². The van der Waals surface area contributed by atoms with Gasteiger partial charge in [-0.05, 0) is 60.2 Å². The highest BCUT2D eigenvalue weighted by Crippen LogP contribution is 2.32. The van der Waals surface area contributed by atoms with E-state index in [2.05, 4.69) is 5.32 Å². The maximum atomic E-state index is 12.4. The first-order valence-corrected chi connectivity index (χ1v) is 8.54. The standard InChI is InChI=1S/C18H15ClN2O2S/c1-12-3-2-4-15(9-12)20-11-21-17(22)16(24-18(21)23)10-13-5-7-14(19)8-6-13/h2-10,20H,11H2,1H3/b16-10+. The minimum Gasteiger partial charge on any atom is -0.367 e. The topological polar surface area (TPSA) is 49.4 Å². The van der Waals surface area contributed by atoms with Crippen LogP contribution in [0.4, 0.5) is 10.5 Å². The van der Waals surface area contributed by atoms with E-state index in [0.717, 1.165) is 28.6 Å². The molecule has 2 amide bonds. The molecule has 3 rings (SSSR count). The van der Waals surface area contributed by atoms with Crippen LogP contribution >= 0.6 is 23.4 Å². The van der Waals surface area contributed by atoms with Gasteiger partial charge < -0.3 is 5.32 Å². The van der Waals surface area contributed by atoms with Crippen LogP contribution < -0.4 is 5.32 Å². The summed E-state index contributed by atoms with van der Waals surface area (Å²) in [6, 6.07) is 14.9. The molecule has 0 radical (unpaired) electrons. The van der Waals surface area contributed by atoms with Gasteiger partial charge in [-0.15, -0.1) is 0 Å². The summed E-state index contributed by atoms with van der Waals surface area (Å²) in [5, 5.41) is 3.46. The number of thioether (sulfide) groups is 1. The number of benzene rings is 2. The Balaban J connectivity index is 1.71. The predicted octanol–water partition coefficient (Wildman–Crippen LogP) is 4.75. The third-order valence-electron chi connectivity index (χ3n) is 3.50. The van der Waals surface area contributed by atoms with Gasteiger partial charge in [-0.1, -0.05) is 35.9 Å². The van der Waals surface area contributed by atoms with E-state index in [1.54, 1.807) is 30.3 Å². The Hall–Kier alpha value is -2.24. The van der Waals surface area contributed by atoms with Crippen LogP contribution in [0.15, 0.2) is 53.4 Å². The number of rotatable bonds is 4. The first-order valence-electron chi connectivity index (χ1n) is 7.34. The zero-order valence-corrected chi connectivity index (χ0v) is 14.5. The largest absolute Gasteiger partial charge is 0.367 e. The fourth-order valence-corrected chi connectivity index (χ4v) is 3.24. The van der Waals surface area contributed by atoms with Crippen molar-refractivity contribution in [3.8, 4) is 0 Å². The number of hydrogen-bond acceptors (Lipinski definition) is 4. The van der Waals surface area contributed by atoms with Crippen LogP contribution in [-0.4, -0.2) is 22.7 Å². The molecule has 1 saturated heterocycles. The van der Waals surface area contributed by atoms with Crippen LogP contribution in [0, 0.1) is 6.92 Å². The quantitative estimate of drug-likeness (QED) is 0.801. The molecule has 1 fully saturated rings. The van der Waals surface area contributed by atoms with Crippen molar-refractivity contribution in [1.29, 1.82) is 0 Å².